The first-order valence-corrected chi connectivity index (χ1v) is 11.6. The van der Waals surface area contributed by atoms with Crippen molar-refractivity contribution in [2.45, 2.75) is 39.3 Å². The Morgan fingerprint density at radius 3 is 2.66 bits per heavy atom. The van der Waals surface area contributed by atoms with Crippen LogP contribution in [-0.4, -0.2) is 63.7 Å². The number of fused-ring (bicyclic) bond motifs is 1. The van der Waals surface area contributed by atoms with Crippen molar-refractivity contribution in [1.29, 1.82) is 0 Å². The molecule has 0 unspecified atom stereocenters. The number of carbonyl (C=O) groups excluding carboxylic acids is 2. The second-order valence-corrected chi connectivity index (χ2v) is 8.83. The predicted molar refractivity (Wildman–Crippen MR) is 128 cm³/mol. The number of aryl methyl sites for hydroxylation is 1. The summed E-state index contributed by atoms with van der Waals surface area (Å²) in [5, 5.41) is 9.33. The molecule has 2 amide bonds. The van der Waals surface area contributed by atoms with E-state index in [1.165, 1.54) is 18.2 Å². The molecule has 10 heteroatoms. The maximum atomic E-state index is 13.1. The van der Waals surface area contributed by atoms with Crippen LogP contribution in [0, 0.1) is 0 Å². The van der Waals surface area contributed by atoms with Crippen molar-refractivity contribution in [3.05, 3.63) is 59.2 Å². The first-order chi connectivity index (χ1) is 16.8. The summed E-state index contributed by atoms with van der Waals surface area (Å²) in [6.07, 6.45) is -2.25. The van der Waals surface area contributed by atoms with E-state index in [1.54, 1.807) is 9.47 Å². The van der Waals surface area contributed by atoms with Gasteiger partial charge < -0.3 is 19.6 Å². The van der Waals surface area contributed by atoms with Crippen molar-refractivity contribution in [1.82, 2.24) is 14.5 Å². The third-order valence-corrected chi connectivity index (χ3v) is 6.20. The number of nitrogens with zero attached hydrogens (tertiary/aromatic N) is 4. The first kappa shape index (κ1) is 24.7. The van der Waals surface area contributed by atoms with Gasteiger partial charge in [-0.05, 0) is 50.6 Å². The fourth-order valence-electron chi connectivity index (χ4n) is 4.25. The number of imidazole rings is 1. The number of hydrogen-bond donors (Lipinski definition) is 2. The number of halogens is 2. The van der Waals surface area contributed by atoms with Crippen LogP contribution in [0.1, 0.15) is 42.6 Å². The van der Waals surface area contributed by atoms with Gasteiger partial charge >= 0.3 is 0 Å². The minimum Gasteiger partial charge on any atom is -0.396 e. The molecule has 1 aromatic heterocycles. The molecule has 4 rings (SSSR count). The van der Waals surface area contributed by atoms with Crippen LogP contribution in [0.3, 0.4) is 0 Å². The number of carbonyl (C=O) groups is 2. The number of benzene rings is 2. The largest absolute Gasteiger partial charge is 0.396 e. The number of aromatic amines is 1. The molecule has 8 nitrogen and oxygen atoms in total. The lowest BCUT2D eigenvalue weighted by atomic mass is 10.1. The van der Waals surface area contributed by atoms with Crippen LogP contribution in [0.4, 0.5) is 14.5 Å². The highest BCUT2D eigenvalue weighted by Crippen LogP contribution is 2.23. The van der Waals surface area contributed by atoms with Gasteiger partial charge in [-0.1, -0.05) is 12.1 Å². The lowest BCUT2D eigenvalue weighted by molar-refractivity contribution is -0.121. The molecule has 1 aliphatic rings. The summed E-state index contributed by atoms with van der Waals surface area (Å²) in [6, 6.07) is 11.1. The number of amides is 2. The number of anilines is 1. The number of rotatable bonds is 7. The molecule has 2 heterocycles. The van der Waals surface area contributed by atoms with Gasteiger partial charge in [-0.15, -0.1) is 0 Å². The van der Waals surface area contributed by atoms with Gasteiger partial charge in [0.25, 0.3) is 12.3 Å². The number of piperazine rings is 1. The van der Waals surface area contributed by atoms with E-state index < -0.39 is 12.3 Å². The van der Waals surface area contributed by atoms with Crippen LogP contribution in [0.25, 0.3) is 11.0 Å². The number of H-pyrrole nitrogens is 1. The zero-order chi connectivity index (χ0) is 25.1. The number of aliphatic hydroxyl groups excluding tert-OH is 1. The van der Waals surface area contributed by atoms with Crippen LogP contribution in [0.15, 0.2) is 47.5 Å². The Kier molecular flexibility index (Phi) is 7.42. The van der Waals surface area contributed by atoms with Gasteiger partial charge in [0.2, 0.25) is 11.5 Å². The van der Waals surface area contributed by atoms with E-state index in [1.807, 2.05) is 18.2 Å². The molecule has 3 aromatic rings. The smallest absolute Gasteiger partial charge is 0.280 e. The highest BCUT2D eigenvalue weighted by Gasteiger charge is 2.26. The van der Waals surface area contributed by atoms with Crippen molar-refractivity contribution in [2.24, 2.45) is 4.99 Å². The van der Waals surface area contributed by atoms with Crippen LogP contribution in [0.2, 0.25) is 0 Å². The van der Waals surface area contributed by atoms with Crippen molar-refractivity contribution < 1.29 is 23.5 Å². The Morgan fingerprint density at radius 1 is 1.17 bits per heavy atom. The summed E-state index contributed by atoms with van der Waals surface area (Å²) in [5.74, 6) is -0.639. The summed E-state index contributed by atoms with van der Waals surface area (Å²) in [4.78, 5) is 36.7. The molecule has 186 valence electrons. The van der Waals surface area contributed by atoms with E-state index >= 15 is 0 Å². The zero-order valence-corrected chi connectivity index (χ0v) is 19.7. The molecule has 0 atom stereocenters. The van der Waals surface area contributed by atoms with Gasteiger partial charge in [-0.2, -0.15) is 4.99 Å². The van der Waals surface area contributed by atoms with Crippen LogP contribution >= 0.6 is 0 Å². The maximum absolute atomic E-state index is 13.1. The fraction of sp³-hybridized carbons (Fsp3) is 0.400. The van der Waals surface area contributed by atoms with E-state index in [2.05, 4.69) is 28.7 Å². The Bertz CT molecular complexity index is 1300. The van der Waals surface area contributed by atoms with Gasteiger partial charge in [-0.3, -0.25) is 14.5 Å². The topological polar surface area (TPSA) is 93.9 Å². The third-order valence-electron chi connectivity index (χ3n) is 6.20. The molecule has 2 N–H and O–H groups in total. The second-order valence-electron chi connectivity index (χ2n) is 8.83. The lowest BCUT2D eigenvalue weighted by Crippen LogP contribution is -2.52. The molecule has 1 fully saturated rings. The highest BCUT2D eigenvalue weighted by molar-refractivity contribution is 5.97. The standard InChI is InChI=1S/C25H29F2N5O3/c1-16(2)30-10-11-31(22(34)15-30)19-7-8-21-20(14-19)28-25(32(21)9-4-12-33)29-24(35)18-6-3-5-17(13-18)23(26)27/h3,5-8,13-14,16,23,33H,4,9-12,15H2,1-2H3,(H,28,29,35). The number of aliphatic hydroxyl groups is 1. The average Bonchev–Trinajstić information content (AvgIpc) is 3.18. The zero-order valence-electron chi connectivity index (χ0n) is 19.7. The molecular weight excluding hydrogens is 456 g/mol. The fourth-order valence-corrected chi connectivity index (χ4v) is 4.25. The molecule has 0 radical (unpaired) electrons. The number of nitrogens with one attached hydrogen (secondary N) is 1. The SMILES string of the molecule is CC(C)N1CCN(c2ccc3c(c2)[nH]/c(=N\C(=O)c2cccc(C(F)F)c2)n3CCCO)C(=O)C1. The van der Waals surface area contributed by atoms with Crippen LogP contribution < -0.4 is 10.5 Å². The van der Waals surface area contributed by atoms with Gasteiger partial charge in [0, 0.05) is 49.1 Å². The summed E-state index contributed by atoms with van der Waals surface area (Å²) < 4.78 is 27.9. The average molecular weight is 486 g/mol. The lowest BCUT2D eigenvalue weighted by Gasteiger charge is -2.36. The molecule has 1 saturated heterocycles. The summed E-state index contributed by atoms with van der Waals surface area (Å²) in [6.45, 7) is 6.18. The summed E-state index contributed by atoms with van der Waals surface area (Å²) in [5.41, 5.74) is 2.22. The molecule has 1 aliphatic heterocycles. The van der Waals surface area contributed by atoms with Gasteiger partial charge in [0.05, 0.1) is 17.6 Å². The Labute approximate surface area is 201 Å². The summed E-state index contributed by atoms with van der Waals surface area (Å²) >= 11 is 0. The van der Waals surface area contributed by atoms with E-state index in [0.717, 1.165) is 23.8 Å². The normalized spacial score (nSPS) is 15.7. The molecule has 0 bridgehead atoms. The van der Waals surface area contributed by atoms with Gasteiger partial charge in [0.1, 0.15) is 0 Å². The monoisotopic (exact) mass is 485 g/mol. The van der Waals surface area contributed by atoms with E-state index in [9.17, 15) is 23.5 Å². The van der Waals surface area contributed by atoms with E-state index in [-0.39, 0.29) is 29.3 Å². The number of alkyl halides is 2. The number of hydrogen-bond acceptors (Lipinski definition) is 4. The minimum atomic E-state index is -2.69. The van der Waals surface area contributed by atoms with Crippen LogP contribution in [0.5, 0.6) is 0 Å². The Hall–Kier alpha value is -3.37. The molecule has 0 spiro atoms. The molecular formula is C25H29F2N5O3. The van der Waals surface area contributed by atoms with Crippen molar-refractivity contribution in [3.8, 4) is 0 Å². The highest BCUT2D eigenvalue weighted by atomic mass is 19.3. The predicted octanol–water partition coefficient (Wildman–Crippen LogP) is 3.09. The molecule has 0 aliphatic carbocycles. The van der Waals surface area contributed by atoms with Gasteiger partial charge in [0.15, 0.2) is 0 Å². The first-order valence-electron chi connectivity index (χ1n) is 11.6. The van der Waals surface area contributed by atoms with E-state index in [0.29, 0.717) is 37.6 Å². The molecule has 35 heavy (non-hydrogen) atoms. The third kappa shape index (κ3) is 5.33. The van der Waals surface area contributed by atoms with Crippen molar-refractivity contribution >= 4 is 28.5 Å². The van der Waals surface area contributed by atoms with E-state index in [4.69, 9.17) is 0 Å². The van der Waals surface area contributed by atoms with Crippen molar-refractivity contribution in [2.75, 3.05) is 31.1 Å². The second kappa shape index (κ2) is 10.5. The van der Waals surface area contributed by atoms with Crippen molar-refractivity contribution in [3.63, 3.8) is 0 Å². The molecule has 2 aromatic carbocycles. The Balaban J connectivity index is 1.70. The van der Waals surface area contributed by atoms with Gasteiger partial charge in [-0.25, -0.2) is 8.78 Å². The quantitative estimate of drug-likeness (QED) is 0.538. The Morgan fingerprint density at radius 2 is 1.97 bits per heavy atom. The minimum absolute atomic E-state index is 0.0167. The molecule has 0 saturated carbocycles. The number of aromatic nitrogens is 2. The maximum Gasteiger partial charge on any atom is 0.280 e. The summed E-state index contributed by atoms with van der Waals surface area (Å²) in [7, 11) is 0. The van der Waals surface area contributed by atoms with Crippen LogP contribution in [-0.2, 0) is 11.3 Å².